The molecule has 160 valence electrons. The molecule has 0 spiro atoms. The first-order valence-electron chi connectivity index (χ1n) is 10.5. The summed E-state index contributed by atoms with van der Waals surface area (Å²) in [5.41, 5.74) is 2.87. The molecule has 2 aromatic carbocycles. The van der Waals surface area contributed by atoms with Gasteiger partial charge in [-0.2, -0.15) is 0 Å². The van der Waals surface area contributed by atoms with Gasteiger partial charge in [-0.3, -0.25) is 4.79 Å². The lowest BCUT2D eigenvalue weighted by molar-refractivity contribution is -0.122. The molecule has 1 aliphatic heterocycles. The van der Waals surface area contributed by atoms with Crippen LogP contribution in [0.15, 0.2) is 66.7 Å². The number of rotatable bonds is 7. The highest BCUT2D eigenvalue weighted by Crippen LogP contribution is 2.26. The zero-order valence-electron chi connectivity index (χ0n) is 17.2. The molecular formula is C25H25ClN2O3. The lowest BCUT2D eigenvalue weighted by atomic mass is 9.99. The number of carbonyl (C=O) groups excluding carboxylic acids is 1. The molecule has 2 heterocycles. The second kappa shape index (κ2) is 10.4. The van der Waals surface area contributed by atoms with E-state index < -0.39 is 0 Å². The average Bonchev–Trinajstić information content (AvgIpc) is 2.80. The molecule has 1 amide bonds. The number of hydrogen-bond donors (Lipinski definition) is 1. The normalized spacial score (nSPS) is 14.2. The predicted molar refractivity (Wildman–Crippen MR) is 121 cm³/mol. The number of nitrogens with zero attached hydrogens (tertiary/aromatic N) is 1. The molecule has 0 atom stereocenters. The molecule has 0 radical (unpaired) electrons. The van der Waals surface area contributed by atoms with Crippen molar-refractivity contribution in [2.75, 3.05) is 18.5 Å². The summed E-state index contributed by atoms with van der Waals surface area (Å²) in [7, 11) is 0. The lowest BCUT2D eigenvalue weighted by Crippen LogP contribution is -2.28. The Hall–Kier alpha value is -2.89. The summed E-state index contributed by atoms with van der Waals surface area (Å²) in [4.78, 5) is 17.1. The number of anilines is 1. The van der Waals surface area contributed by atoms with E-state index in [9.17, 15) is 4.79 Å². The minimum Gasteiger partial charge on any atom is -0.489 e. The van der Waals surface area contributed by atoms with Crippen molar-refractivity contribution in [1.82, 2.24) is 4.98 Å². The standard InChI is InChI=1S/C25H25ClN2O3/c26-21-9-10-23(31-17-18-5-2-1-3-6-18)20(15-21)16-22-7-4-8-24(27-22)28-25(29)19-11-13-30-14-12-19/h1-10,15,19H,11-14,16-17H2,(H,27,28,29). The van der Waals surface area contributed by atoms with Crippen LogP contribution in [0, 0.1) is 5.92 Å². The quantitative estimate of drug-likeness (QED) is 0.548. The summed E-state index contributed by atoms with van der Waals surface area (Å²) >= 11 is 6.24. The Kier molecular flexibility index (Phi) is 7.18. The highest BCUT2D eigenvalue weighted by molar-refractivity contribution is 6.30. The minimum atomic E-state index is -0.0230. The molecule has 1 saturated heterocycles. The molecule has 0 aliphatic carbocycles. The van der Waals surface area contributed by atoms with Gasteiger partial charge in [0.15, 0.2) is 0 Å². The van der Waals surface area contributed by atoms with Crippen molar-refractivity contribution < 1.29 is 14.3 Å². The van der Waals surface area contributed by atoms with Gasteiger partial charge in [0.1, 0.15) is 18.2 Å². The van der Waals surface area contributed by atoms with E-state index in [2.05, 4.69) is 10.3 Å². The third-order valence-corrected chi connectivity index (χ3v) is 5.52. The highest BCUT2D eigenvalue weighted by Gasteiger charge is 2.22. The third-order valence-electron chi connectivity index (χ3n) is 5.28. The van der Waals surface area contributed by atoms with E-state index in [1.54, 1.807) is 0 Å². The van der Waals surface area contributed by atoms with E-state index in [-0.39, 0.29) is 11.8 Å². The first-order chi connectivity index (χ1) is 15.2. The zero-order valence-corrected chi connectivity index (χ0v) is 18.0. The topological polar surface area (TPSA) is 60.5 Å². The van der Waals surface area contributed by atoms with Crippen LogP contribution in [0.5, 0.6) is 5.75 Å². The van der Waals surface area contributed by atoms with Gasteiger partial charge in [0.25, 0.3) is 0 Å². The van der Waals surface area contributed by atoms with Crippen molar-refractivity contribution in [1.29, 1.82) is 0 Å². The number of amides is 1. The lowest BCUT2D eigenvalue weighted by Gasteiger charge is -2.21. The monoisotopic (exact) mass is 436 g/mol. The average molecular weight is 437 g/mol. The molecule has 4 rings (SSSR count). The number of aromatic nitrogens is 1. The van der Waals surface area contributed by atoms with Crippen LogP contribution in [0.25, 0.3) is 0 Å². The molecule has 0 unspecified atom stereocenters. The third kappa shape index (κ3) is 6.06. The van der Waals surface area contributed by atoms with Crippen LogP contribution in [0.1, 0.15) is 29.7 Å². The van der Waals surface area contributed by atoms with Crippen molar-refractivity contribution in [3.05, 3.63) is 88.6 Å². The number of halogens is 1. The van der Waals surface area contributed by atoms with E-state index in [4.69, 9.17) is 21.1 Å². The van der Waals surface area contributed by atoms with E-state index in [0.29, 0.717) is 37.1 Å². The van der Waals surface area contributed by atoms with Gasteiger partial charge in [-0.05, 0) is 48.7 Å². The Morgan fingerprint density at radius 2 is 1.87 bits per heavy atom. The molecule has 1 aliphatic rings. The van der Waals surface area contributed by atoms with Crippen molar-refractivity contribution in [2.24, 2.45) is 5.92 Å². The Balaban J connectivity index is 1.45. The minimum absolute atomic E-state index is 0.00240. The molecule has 5 nitrogen and oxygen atoms in total. The van der Waals surface area contributed by atoms with Crippen LogP contribution in [0.2, 0.25) is 5.02 Å². The van der Waals surface area contributed by atoms with E-state index >= 15 is 0 Å². The smallest absolute Gasteiger partial charge is 0.228 e. The maximum Gasteiger partial charge on any atom is 0.228 e. The Bertz CT molecular complexity index is 1020. The van der Waals surface area contributed by atoms with Crippen molar-refractivity contribution in [3.8, 4) is 5.75 Å². The van der Waals surface area contributed by atoms with Gasteiger partial charge in [0.05, 0.1) is 0 Å². The summed E-state index contributed by atoms with van der Waals surface area (Å²) in [5, 5.41) is 3.59. The van der Waals surface area contributed by atoms with Crippen LogP contribution in [0.4, 0.5) is 5.82 Å². The molecule has 0 bridgehead atoms. The van der Waals surface area contributed by atoms with Gasteiger partial charge in [0, 0.05) is 41.8 Å². The second-order valence-corrected chi connectivity index (χ2v) is 8.03. The van der Waals surface area contributed by atoms with Crippen LogP contribution in [-0.2, 0) is 22.6 Å². The summed E-state index contributed by atoms with van der Waals surface area (Å²) in [6, 6.07) is 21.3. The van der Waals surface area contributed by atoms with Gasteiger partial charge in [-0.25, -0.2) is 4.98 Å². The molecule has 1 fully saturated rings. The molecule has 6 heteroatoms. The van der Waals surface area contributed by atoms with Crippen LogP contribution >= 0.6 is 11.6 Å². The van der Waals surface area contributed by atoms with Crippen molar-refractivity contribution >= 4 is 23.3 Å². The van der Waals surface area contributed by atoms with Gasteiger partial charge in [-0.15, -0.1) is 0 Å². The molecule has 31 heavy (non-hydrogen) atoms. The van der Waals surface area contributed by atoms with Crippen molar-refractivity contribution in [2.45, 2.75) is 25.9 Å². The summed E-state index contributed by atoms with van der Waals surface area (Å²) in [5.74, 6) is 1.31. The Morgan fingerprint density at radius 3 is 2.68 bits per heavy atom. The Morgan fingerprint density at radius 1 is 1.06 bits per heavy atom. The van der Waals surface area contributed by atoms with Gasteiger partial charge in [0.2, 0.25) is 5.91 Å². The van der Waals surface area contributed by atoms with E-state index in [1.165, 1.54) is 0 Å². The van der Waals surface area contributed by atoms with Crippen molar-refractivity contribution in [3.63, 3.8) is 0 Å². The fourth-order valence-electron chi connectivity index (χ4n) is 3.59. The number of benzene rings is 2. The number of hydrogen-bond acceptors (Lipinski definition) is 4. The predicted octanol–water partition coefficient (Wildman–Crippen LogP) is 5.27. The van der Waals surface area contributed by atoms with Crippen LogP contribution < -0.4 is 10.1 Å². The largest absolute Gasteiger partial charge is 0.489 e. The SMILES string of the molecule is O=C(Nc1cccc(Cc2cc(Cl)ccc2OCc2ccccc2)n1)C1CCOCC1. The molecule has 1 aromatic heterocycles. The van der Waals surface area contributed by atoms with Gasteiger partial charge < -0.3 is 14.8 Å². The first-order valence-corrected chi connectivity index (χ1v) is 10.8. The van der Waals surface area contributed by atoms with Crippen LogP contribution in [-0.4, -0.2) is 24.1 Å². The number of nitrogens with one attached hydrogen (secondary N) is 1. The summed E-state index contributed by atoms with van der Waals surface area (Å²) in [6.07, 6.45) is 2.04. The first kappa shape index (κ1) is 21.3. The number of pyridine rings is 1. The zero-order chi connectivity index (χ0) is 21.5. The number of carbonyl (C=O) groups is 1. The second-order valence-electron chi connectivity index (χ2n) is 7.59. The molecule has 3 aromatic rings. The highest BCUT2D eigenvalue weighted by atomic mass is 35.5. The maximum absolute atomic E-state index is 12.5. The maximum atomic E-state index is 12.5. The number of ether oxygens (including phenoxy) is 2. The van der Waals surface area contributed by atoms with E-state index in [1.807, 2.05) is 66.7 Å². The molecule has 1 N–H and O–H groups in total. The summed E-state index contributed by atoms with van der Waals surface area (Å²) < 4.78 is 11.4. The van der Waals surface area contributed by atoms with Crippen LogP contribution in [0.3, 0.4) is 0 Å². The van der Waals surface area contributed by atoms with Gasteiger partial charge in [-0.1, -0.05) is 48.0 Å². The van der Waals surface area contributed by atoms with Gasteiger partial charge >= 0.3 is 0 Å². The molecular weight excluding hydrogens is 412 g/mol. The fraction of sp³-hybridized carbons (Fsp3) is 0.280. The molecule has 0 saturated carbocycles. The fourth-order valence-corrected chi connectivity index (χ4v) is 3.79. The summed E-state index contributed by atoms with van der Waals surface area (Å²) in [6.45, 7) is 1.74. The Labute approximate surface area is 187 Å². The van der Waals surface area contributed by atoms with E-state index in [0.717, 1.165) is 35.4 Å².